The standard InChI is InChI=1S/C32H46O7/c1-20(15-22(3)11-13-28-24(5)12-14-30(36)39-28)9-8-10-21(2)17-27(19-33)32(38)26(7)31(37)25(6)16-23(4)18-29(34)35/h8,10-15,17-18,20,24-28,31,33,37H,9,16,19H2,1-7H3,(H,34,35)/b10-8+,13-11+,21-17+,22-15+,23-18+. The molecule has 216 valence electrons. The number of hydrogen-bond acceptors (Lipinski definition) is 6. The van der Waals surface area contributed by atoms with Crippen molar-refractivity contribution < 1.29 is 34.4 Å². The minimum atomic E-state index is -1.04. The second kappa shape index (κ2) is 16.8. The van der Waals surface area contributed by atoms with Gasteiger partial charge >= 0.3 is 11.9 Å². The van der Waals surface area contributed by atoms with Gasteiger partial charge in [-0.3, -0.25) is 4.79 Å². The topological polar surface area (TPSA) is 121 Å². The van der Waals surface area contributed by atoms with E-state index in [9.17, 15) is 24.6 Å². The van der Waals surface area contributed by atoms with Gasteiger partial charge in [0, 0.05) is 24.0 Å². The molecule has 0 aromatic rings. The second-order valence-corrected chi connectivity index (χ2v) is 10.9. The fraction of sp³-hybridized carbons (Fsp3) is 0.531. The molecular weight excluding hydrogens is 496 g/mol. The molecule has 1 heterocycles. The van der Waals surface area contributed by atoms with Gasteiger partial charge in [-0.2, -0.15) is 0 Å². The molecule has 1 aliphatic rings. The largest absolute Gasteiger partial charge is 0.478 e. The molecule has 0 aliphatic carbocycles. The minimum Gasteiger partial charge on any atom is -0.478 e. The third kappa shape index (κ3) is 12.6. The molecule has 0 fully saturated rings. The number of ketones is 1. The molecule has 0 amide bonds. The number of carbonyl (C=O) groups is 3. The molecule has 3 N–H and O–H groups in total. The van der Waals surface area contributed by atoms with Crippen LogP contribution in [-0.2, 0) is 19.1 Å². The average Bonchev–Trinajstić information content (AvgIpc) is 2.85. The number of aliphatic hydroxyl groups excluding tert-OH is 2. The molecule has 0 aromatic heterocycles. The van der Waals surface area contributed by atoms with Gasteiger partial charge in [-0.25, -0.2) is 9.59 Å². The number of cyclic esters (lactones) is 1. The molecule has 0 saturated heterocycles. The van der Waals surface area contributed by atoms with Gasteiger partial charge in [0.2, 0.25) is 0 Å². The summed E-state index contributed by atoms with van der Waals surface area (Å²) in [5, 5.41) is 29.4. The van der Waals surface area contributed by atoms with Crippen LogP contribution in [0.2, 0.25) is 0 Å². The Morgan fingerprint density at radius 2 is 1.72 bits per heavy atom. The second-order valence-electron chi connectivity index (χ2n) is 10.9. The third-order valence-corrected chi connectivity index (χ3v) is 6.88. The van der Waals surface area contributed by atoms with E-state index in [1.165, 1.54) is 6.08 Å². The Balaban J connectivity index is 2.71. The Labute approximate surface area is 233 Å². The minimum absolute atomic E-state index is 0.135. The number of carboxylic acids is 1. The van der Waals surface area contributed by atoms with Crippen LogP contribution >= 0.6 is 0 Å². The monoisotopic (exact) mass is 542 g/mol. The fourth-order valence-electron chi connectivity index (χ4n) is 4.62. The molecule has 1 aliphatic heterocycles. The van der Waals surface area contributed by atoms with Gasteiger partial charge in [0.1, 0.15) is 11.9 Å². The molecule has 0 aromatic carbocycles. The molecule has 1 rings (SSSR count). The third-order valence-electron chi connectivity index (χ3n) is 6.88. The van der Waals surface area contributed by atoms with E-state index < -0.39 is 23.9 Å². The van der Waals surface area contributed by atoms with Crippen LogP contribution in [0, 0.1) is 29.6 Å². The van der Waals surface area contributed by atoms with Gasteiger partial charge in [0.25, 0.3) is 0 Å². The first kappa shape index (κ1) is 34.0. The first-order valence-corrected chi connectivity index (χ1v) is 13.6. The van der Waals surface area contributed by atoms with Crippen LogP contribution in [0.5, 0.6) is 0 Å². The van der Waals surface area contributed by atoms with Crippen molar-refractivity contribution in [3.63, 3.8) is 0 Å². The van der Waals surface area contributed by atoms with Crippen LogP contribution in [0.3, 0.4) is 0 Å². The molecule has 7 heteroatoms. The maximum atomic E-state index is 13.0. The lowest BCUT2D eigenvalue weighted by Crippen LogP contribution is -2.35. The average molecular weight is 543 g/mol. The summed E-state index contributed by atoms with van der Waals surface area (Å²) in [5.74, 6) is -2.98. The summed E-state index contributed by atoms with van der Waals surface area (Å²) in [4.78, 5) is 35.3. The van der Waals surface area contributed by atoms with Gasteiger partial charge in [0.15, 0.2) is 0 Å². The van der Waals surface area contributed by atoms with E-state index in [0.717, 1.165) is 23.6 Å². The number of carboxylic acid groups (broad SMARTS) is 1. The SMILES string of the molecule is CC(/C=C/C1OC(=O)C=CC1C)=C\C(C)C/C=C/C(C)=C/C(CO)C(=O)C(C)C(O)C(C)C/C(C)=C/C(=O)O. The van der Waals surface area contributed by atoms with Crippen LogP contribution in [0.4, 0.5) is 0 Å². The molecule has 0 bridgehead atoms. The fourth-order valence-corrected chi connectivity index (χ4v) is 4.62. The van der Waals surface area contributed by atoms with E-state index in [-0.39, 0.29) is 42.2 Å². The molecule has 7 unspecified atom stereocenters. The van der Waals surface area contributed by atoms with Crippen molar-refractivity contribution in [1.29, 1.82) is 0 Å². The Morgan fingerprint density at radius 1 is 1.08 bits per heavy atom. The van der Waals surface area contributed by atoms with Gasteiger partial charge in [-0.05, 0) is 51.5 Å². The quantitative estimate of drug-likeness (QED) is 0.145. The number of Topliss-reactive ketones (excluding diaryl/α,β-unsaturated/α-hetero) is 1. The summed E-state index contributed by atoms with van der Waals surface area (Å²) < 4.78 is 5.34. The number of aliphatic carboxylic acids is 1. The Bertz CT molecular complexity index is 1030. The summed E-state index contributed by atoms with van der Waals surface area (Å²) in [6.07, 6.45) is 16.0. The first-order chi connectivity index (χ1) is 18.2. The Kier molecular flexibility index (Phi) is 14.7. The van der Waals surface area contributed by atoms with E-state index in [1.807, 2.05) is 51.2 Å². The van der Waals surface area contributed by atoms with Crippen LogP contribution in [0.25, 0.3) is 0 Å². The lowest BCUT2D eigenvalue weighted by molar-refractivity contribution is -0.143. The zero-order chi connectivity index (χ0) is 29.7. The zero-order valence-corrected chi connectivity index (χ0v) is 24.3. The number of carbonyl (C=O) groups excluding carboxylic acids is 2. The van der Waals surface area contributed by atoms with Gasteiger partial charge < -0.3 is 20.1 Å². The normalized spacial score (nSPS) is 23.0. The maximum Gasteiger partial charge on any atom is 0.331 e. The number of rotatable bonds is 15. The van der Waals surface area contributed by atoms with Crippen LogP contribution < -0.4 is 0 Å². The number of ether oxygens (including phenoxy) is 1. The van der Waals surface area contributed by atoms with Crippen molar-refractivity contribution in [2.24, 2.45) is 29.6 Å². The molecule has 0 saturated carbocycles. The van der Waals surface area contributed by atoms with Crippen molar-refractivity contribution >= 4 is 17.7 Å². The highest BCUT2D eigenvalue weighted by Crippen LogP contribution is 2.24. The number of hydrogen-bond donors (Lipinski definition) is 3. The summed E-state index contributed by atoms with van der Waals surface area (Å²) in [7, 11) is 0. The van der Waals surface area contributed by atoms with Crippen LogP contribution in [0.15, 0.2) is 71.4 Å². The van der Waals surface area contributed by atoms with Crippen LogP contribution in [0.1, 0.15) is 61.3 Å². The number of esters is 1. The molecule has 7 atom stereocenters. The van der Waals surface area contributed by atoms with Crippen LogP contribution in [-0.4, -0.2) is 51.9 Å². The van der Waals surface area contributed by atoms with E-state index in [0.29, 0.717) is 12.0 Å². The highest BCUT2D eigenvalue weighted by Gasteiger charge is 2.30. The zero-order valence-electron chi connectivity index (χ0n) is 24.3. The Morgan fingerprint density at radius 3 is 2.33 bits per heavy atom. The highest BCUT2D eigenvalue weighted by atomic mass is 16.5. The van der Waals surface area contributed by atoms with Crippen molar-refractivity contribution in [2.75, 3.05) is 6.61 Å². The van der Waals surface area contributed by atoms with E-state index in [2.05, 4.69) is 13.0 Å². The van der Waals surface area contributed by atoms with E-state index in [4.69, 9.17) is 9.84 Å². The number of aliphatic hydroxyl groups is 2. The Hall–Kier alpha value is -3.03. The van der Waals surface area contributed by atoms with Gasteiger partial charge in [-0.1, -0.05) is 80.9 Å². The van der Waals surface area contributed by atoms with Crippen molar-refractivity contribution in [1.82, 2.24) is 0 Å². The summed E-state index contributed by atoms with van der Waals surface area (Å²) >= 11 is 0. The first-order valence-electron chi connectivity index (χ1n) is 13.6. The smallest absolute Gasteiger partial charge is 0.331 e. The van der Waals surface area contributed by atoms with E-state index in [1.54, 1.807) is 26.8 Å². The van der Waals surface area contributed by atoms with Crippen molar-refractivity contribution in [2.45, 2.75) is 73.5 Å². The summed E-state index contributed by atoms with van der Waals surface area (Å²) in [6.45, 7) is 12.7. The lowest BCUT2D eigenvalue weighted by Gasteiger charge is -2.26. The molecule has 0 radical (unpaired) electrons. The van der Waals surface area contributed by atoms with Gasteiger partial charge in [-0.15, -0.1) is 0 Å². The van der Waals surface area contributed by atoms with Crippen molar-refractivity contribution in [3.8, 4) is 0 Å². The molecular formula is C32H46O7. The predicted molar refractivity (Wildman–Crippen MR) is 154 cm³/mol. The highest BCUT2D eigenvalue weighted by molar-refractivity contribution is 5.85. The number of allylic oxidation sites excluding steroid dienone is 7. The van der Waals surface area contributed by atoms with E-state index >= 15 is 0 Å². The summed E-state index contributed by atoms with van der Waals surface area (Å²) in [5.41, 5.74) is 2.53. The lowest BCUT2D eigenvalue weighted by atomic mass is 9.82. The maximum absolute atomic E-state index is 13.0. The molecule has 7 nitrogen and oxygen atoms in total. The summed E-state index contributed by atoms with van der Waals surface area (Å²) in [6, 6.07) is 0. The predicted octanol–water partition coefficient (Wildman–Crippen LogP) is 5.37. The molecule has 0 spiro atoms. The van der Waals surface area contributed by atoms with Crippen molar-refractivity contribution in [3.05, 3.63) is 71.4 Å². The van der Waals surface area contributed by atoms with Gasteiger partial charge in [0.05, 0.1) is 18.6 Å². The molecule has 39 heavy (non-hydrogen) atoms.